The van der Waals surface area contributed by atoms with Crippen LogP contribution in [-0.4, -0.2) is 32.1 Å². The molecule has 2 heterocycles. The molecule has 148 valence electrons. The zero-order valence-corrected chi connectivity index (χ0v) is 16.6. The van der Waals surface area contributed by atoms with Crippen molar-refractivity contribution in [3.63, 3.8) is 0 Å². The topological polar surface area (TPSA) is 79.2 Å². The molecule has 2 aromatic heterocycles. The summed E-state index contributed by atoms with van der Waals surface area (Å²) in [5, 5.41) is 0.490. The molecule has 6 nitrogen and oxygen atoms in total. The number of rotatable bonds is 6. The lowest BCUT2D eigenvalue weighted by molar-refractivity contribution is -0.150. The van der Waals surface area contributed by atoms with E-state index in [2.05, 4.69) is 14.9 Å². The zero-order chi connectivity index (χ0) is 19.1. The number of thioether (sulfide) groups is 1. The first-order valence-corrected chi connectivity index (χ1v) is 11.1. The van der Waals surface area contributed by atoms with Crippen LogP contribution in [0.25, 0.3) is 0 Å². The van der Waals surface area contributed by atoms with Gasteiger partial charge in [0.1, 0.15) is 5.76 Å². The molecule has 0 unspecified atom stereocenters. The van der Waals surface area contributed by atoms with E-state index in [1.165, 1.54) is 43.3 Å². The van der Waals surface area contributed by atoms with Crippen LogP contribution < -0.4 is 5.56 Å². The SMILES string of the molecule is O=C(CSc1nccc(=O)[nH]1)N(Cc1ccco1)C12CC3CC(CC(C3)C1)C2. The number of furan rings is 1. The van der Waals surface area contributed by atoms with E-state index in [0.717, 1.165) is 42.8 Å². The maximum Gasteiger partial charge on any atom is 0.251 e. The van der Waals surface area contributed by atoms with Gasteiger partial charge in [-0.3, -0.25) is 9.59 Å². The van der Waals surface area contributed by atoms with Gasteiger partial charge in [0.15, 0.2) is 5.16 Å². The number of H-pyrrole nitrogens is 1. The molecule has 0 aromatic carbocycles. The Morgan fingerprint density at radius 2 is 1.93 bits per heavy atom. The van der Waals surface area contributed by atoms with Crippen LogP contribution in [0.15, 0.2) is 45.0 Å². The molecule has 0 spiro atoms. The van der Waals surface area contributed by atoms with Crippen LogP contribution in [0, 0.1) is 17.8 Å². The van der Waals surface area contributed by atoms with Crippen LogP contribution in [0.4, 0.5) is 0 Å². The summed E-state index contributed by atoms with van der Waals surface area (Å²) in [6, 6.07) is 5.21. The fourth-order valence-corrected chi connectivity index (χ4v) is 6.83. The number of aromatic amines is 1. The van der Waals surface area contributed by atoms with Gasteiger partial charge in [0.05, 0.1) is 18.6 Å². The Kier molecular flexibility index (Phi) is 4.57. The molecule has 1 amide bonds. The molecule has 0 atom stereocenters. The van der Waals surface area contributed by atoms with Gasteiger partial charge in [-0.2, -0.15) is 0 Å². The molecule has 0 saturated heterocycles. The van der Waals surface area contributed by atoms with E-state index in [9.17, 15) is 9.59 Å². The van der Waals surface area contributed by atoms with Crippen molar-refractivity contribution >= 4 is 17.7 Å². The lowest BCUT2D eigenvalue weighted by Gasteiger charge is -2.60. The third-order valence-corrected chi connectivity index (χ3v) is 7.63. The summed E-state index contributed by atoms with van der Waals surface area (Å²) in [7, 11) is 0. The number of hydrogen-bond donors (Lipinski definition) is 1. The van der Waals surface area contributed by atoms with E-state index in [0.29, 0.717) is 11.7 Å². The first-order valence-electron chi connectivity index (χ1n) is 10.1. The summed E-state index contributed by atoms with van der Waals surface area (Å²) in [5.74, 6) is 3.50. The average Bonchev–Trinajstić information content (AvgIpc) is 3.16. The fraction of sp³-hybridized carbons (Fsp3) is 0.571. The van der Waals surface area contributed by atoms with Gasteiger partial charge in [0.25, 0.3) is 5.56 Å². The van der Waals surface area contributed by atoms with Crippen LogP contribution in [0.1, 0.15) is 44.3 Å². The molecule has 2 aromatic rings. The number of hydrogen-bond acceptors (Lipinski definition) is 5. The summed E-state index contributed by atoms with van der Waals surface area (Å²) in [4.78, 5) is 33.8. The van der Waals surface area contributed by atoms with Crippen molar-refractivity contribution in [2.24, 2.45) is 17.8 Å². The van der Waals surface area contributed by atoms with Crippen molar-refractivity contribution in [2.75, 3.05) is 5.75 Å². The van der Waals surface area contributed by atoms with E-state index in [1.807, 2.05) is 12.1 Å². The minimum absolute atomic E-state index is 0.0310. The van der Waals surface area contributed by atoms with Gasteiger partial charge in [-0.15, -0.1) is 0 Å². The summed E-state index contributed by atoms with van der Waals surface area (Å²) >= 11 is 1.30. The smallest absolute Gasteiger partial charge is 0.251 e. The molecule has 7 heteroatoms. The Hall–Kier alpha value is -2.02. The van der Waals surface area contributed by atoms with E-state index < -0.39 is 0 Å². The Balaban J connectivity index is 1.38. The van der Waals surface area contributed by atoms with Gasteiger partial charge in [0, 0.05) is 17.8 Å². The Morgan fingerprint density at radius 1 is 1.21 bits per heavy atom. The number of amides is 1. The maximum atomic E-state index is 13.4. The van der Waals surface area contributed by atoms with Crippen LogP contribution in [0.2, 0.25) is 0 Å². The highest BCUT2D eigenvalue weighted by atomic mass is 32.2. The normalized spacial score (nSPS) is 30.5. The minimum atomic E-state index is -0.196. The first kappa shape index (κ1) is 18.0. The third kappa shape index (κ3) is 3.41. The average molecular weight is 400 g/mol. The van der Waals surface area contributed by atoms with E-state index in [1.54, 1.807) is 6.26 Å². The lowest BCUT2D eigenvalue weighted by Crippen LogP contribution is -2.61. The van der Waals surface area contributed by atoms with Gasteiger partial charge in [0.2, 0.25) is 5.91 Å². The number of carbonyl (C=O) groups excluding carboxylic acids is 1. The predicted molar refractivity (Wildman–Crippen MR) is 106 cm³/mol. The molecular weight excluding hydrogens is 374 g/mol. The van der Waals surface area contributed by atoms with Gasteiger partial charge in [-0.25, -0.2) is 4.98 Å². The molecule has 4 saturated carbocycles. The quantitative estimate of drug-likeness (QED) is 0.594. The summed E-state index contributed by atoms with van der Waals surface area (Å²) < 4.78 is 5.60. The molecular formula is C21H25N3O3S. The Morgan fingerprint density at radius 3 is 2.54 bits per heavy atom. The Labute approximate surface area is 168 Å². The number of aromatic nitrogens is 2. The van der Waals surface area contributed by atoms with Gasteiger partial charge in [-0.05, 0) is 68.4 Å². The molecule has 4 aliphatic rings. The standard InChI is InChI=1S/C21H25N3O3S/c25-18-3-4-22-20(23-18)28-13-19(26)24(12-17-2-1-5-27-17)21-9-14-6-15(10-21)8-16(7-14)11-21/h1-5,14-16H,6-13H2,(H,22,23,25). The van der Waals surface area contributed by atoms with Crippen molar-refractivity contribution in [3.8, 4) is 0 Å². The van der Waals surface area contributed by atoms with E-state index in [-0.39, 0.29) is 22.8 Å². The molecule has 6 rings (SSSR count). The highest BCUT2D eigenvalue weighted by Crippen LogP contribution is 2.58. The number of nitrogens with one attached hydrogen (secondary N) is 1. The summed E-state index contributed by atoms with van der Waals surface area (Å²) in [5.41, 5.74) is -0.227. The van der Waals surface area contributed by atoms with Crippen LogP contribution in [-0.2, 0) is 11.3 Å². The second-order valence-electron chi connectivity index (χ2n) is 8.73. The molecule has 0 aliphatic heterocycles. The predicted octanol–water partition coefficient (Wildman–Crippen LogP) is 3.45. The van der Waals surface area contributed by atoms with Crippen molar-refractivity contribution in [2.45, 2.75) is 55.8 Å². The highest BCUT2D eigenvalue weighted by Gasteiger charge is 2.54. The summed E-state index contributed by atoms with van der Waals surface area (Å²) in [6.07, 6.45) is 10.5. The van der Waals surface area contributed by atoms with Gasteiger partial charge < -0.3 is 14.3 Å². The largest absolute Gasteiger partial charge is 0.467 e. The second kappa shape index (κ2) is 7.10. The van der Waals surface area contributed by atoms with Crippen LogP contribution >= 0.6 is 11.8 Å². The lowest BCUT2D eigenvalue weighted by atomic mass is 9.52. The van der Waals surface area contributed by atoms with Crippen molar-refractivity contribution < 1.29 is 9.21 Å². The number of carbonyl (C=O) groups is 1. The van der Waals surface area contributed by atoms with E-state index in [4.69, 9.17) is 4.42 Å². The maximum absolute atomic E-state index is 13.4. The van der Waals surface area contributed by atoms with E-state index >= 15 is 0 Å². The molecule has 28 heavy (non-hydrogen) atoms. The molecule has 0 radical (unpaired) electrons. The second-order valence-corrected chi connectivity index (χ2v) is 9.69. The first-order chi connectivity index (χ1) is 13.6. The fourth-order valence-electron chi connectivity index (χ4n) is 6.11. The highest BCUT2D eigenvalue weighted by molar-refractivity contribution is 7.99. The minimum Gasteiger partial charge on any atom is -0.467 e. The molecule has 4 aliphatic carbocycles. The van der Waals surface area contributed by atoms with Gasteiger partial charge >= 0.3 is 0 Å². The zero-order valence-electron chi connectivity index (χ0n) is 15.8. The Bertz CT molecular complexity index is 872. The molecule has 4 bridgehead atoms. The van der Waals surface area contributed by atoms with Crippen LogP contribution in [0.3, 0.4) is 0 Å². The van der Waals surface area contributed by atoms with Crippen molar-refractivity contribution in [1.29, 1.82) is 0 Å². The van der Waals surface area contributed by atoms with Gasteiger partial charge in [-0.1, -0.05) is 11.8 Å². The monoisotopic (exact) mass is 399 g/mol. The third-order valence-electron chi connectivity index (χ3n) is 6.75. The van der Waals surface area contributed by atoms with Crippen molar-refractivity contribution in [1.82, 2.24) is 14.9 Å². The summed E-state index contributed by atoms with van der Waals surface area (Å²) in [6.45, 7) is 0.525. The molecule has 4 fully saturated rings. The van der Waals surface area contributed by atoms with Crippen molar-refractivity contribution in [3.05, 3.63) is 46.8 Å². The molecule has 1 N–H and O–H groups in total. The number of nitrogens with zero attached hydrogens (tertiary/aromatic N) is 2. The van der Waals surface area contributed by atoms with Crippen LogP contribution in [0.5, 0.6) is 0 Å².